The summed E-state index contributed by atoms with van der Waals surface area (Å²) >= 11 is 0. The summed E-state index contributed by atoms with van der Waals surface area (Å²) in [5, 5.41) is 22.5. The maximum atomic E-state index is 11.8. The zero-order valence-corrected chi connectivity index (χ0v) is 11.6. The lowest BCUT2D eigenvalue weighted by Crippen LogP contribution is -2.36. The van der Waals surface area contributed by atoms with Crippen LogP contribution in [0.15, 0.2) is 15.7 Å². The number of hydrogen-bond acceptors (Lipinski definition) is 8. The van der Waals surface area contributed by atoms with Crippen LogP contribution in [0.4, 0.5) is 0 Å². The van der Waals surface area contributed by atoms with Crippen LogP contribution in [-0.4, -0.2) is 56.9 Å². The molecule has 0 bridgehead atoms. The van der Waals surface area contributed by atoms with Gasteiger partial charge in [-0.1, -0.05) is 0 Å². The number of aromatic amines is 1. The molecular formula is C12H15N3O7. The van der Waals surface area contributed by atoms with Crippen LogP contribution in [-0.2, 0) is 14.3 Å². The summed E-state index contributed by atoms with van der Waals surface area (Å²) in [5.74, 6) is -0.688. The second kappa shape index (κ2) is 6.64. The highest BCUT2D eigenvalue weighted by Crippen LogP contribution is 2.26. The number of hydrogen-bond donors (Lipinski definition) is 3. The Kier molecular flexibility index (Phi) is 4.85. The molecule has 1 aliphatic heterocycles. The van der Waals surface area contributed by atoms with Crippen molar-refractivity contribution in [2.75, 3.05) is 13.7 Å². The van der Waals surface area contributed by atoms with Gasteiger partial charge < -0.3 is 19.7 Å². The molecule has 2 rings (SSSR count). The molecule has 3 N–H and O–H groups in total. The second-order valence-corrected chi connectivity index (χ2v) is 4.56. The fraction of sp³-hybridized carbons (Fsp3) is 0.500. The molecule has 3 atom stereocenters. The Labute approximate surface area is 123 Å². The highest BCUT2D eigenvalue weighted by molar-refractivity contribution is 5.86. The fourth-order valence-corrected chi connectivity index (χ4v) is 1.97. The summed E-state index contributed by atoms with van der Waals surface area (Å²) in [4.78, 5) is 36.5. The van der Waals surface area contributed by atoms with Gasteiger partial charge >= 0.3 is 11.7 Å². The molecular weight excluding hydrogens is 298 g/mol. The summed E-state index contributed by atoms with van der Waals surface area (Å²) in [6.45, 7) is -0.412. The van der Waals surface area contributed by atoms with E-state index < -0.39 is 42.3 Å². The Morgan fingerprint density at radius 3 is 2.91 bits per heavy atom. The predicted octanol–water partition coefficient (Wildman–Crippen LogP) is -2.24. The van der Waals surface area contributed by atoms with Gasteiger partial charge in [-0.15, -0.1) is 0 Å². The number of rotatable bonds is 4. The lowest BCUT2D eigenvalue weighted by Gasteiger charge is -2.13. The van der Waals surface area contributed by atoms with Gasteiger partial charge in [-0.2, -0.15) is 9.78 Å². The number of nitrogens with one attached hydrogen (secondary N) is 1. The van der Waals surface area contributed by atoms with Crippen LogP contribution in [0.3, 0.4) is 0 Å². The van der Waals surface area contributed by atoms with Gasteiger partial charge in [0.25, 0.3) is 5.56 Å². The van der Waals surface area contributed by atoms with E-state index in [2.05, 4.69) is 9.84 Å². The Balaban J connectivity index is 2.33. The van der Waals surface area contributed by atoms with Crippen molar-refractivity contribution in [2.45, 2.75) is 24.9 Å². The van der Waals surface area contributed by atoms with E-state index in [0.717, 1.165) is 16.8 Å². The number of carbonyl (C=O) groups excluding carboxylic acids is 1. The quantitative estimate of drug-likeness (QED) is 0.418. The molecule has 1 aromatic heterocycles. The van der Waals surface area contributed by atoms with Crippen LogP contribution >= 0.6 is 0 Å². The van der Waals surface area contributed by atoms with Crippen molar-refractivity contribution in [3.8, 4) is 0 Å². The average Bonchev–Trinajstić information content (AvgIpc) is 2.86. The molecule has 0 saturated carbocycles. The highest BCUT2D eigenvalue weighted by atomic mass is 16.5. The molecule has 10 nitrogen and oxygen atoms in total. The fourth-order valence-electron chi connectivity index (χ4n) is 1.97. The van der Waals surface area contributed by atoms with Gasteiger partial charge in [0.2, 0.25) is 0 Å². The summed E-state index contributed by atoms with van der Waals surface area (Å²) < 4.78 is 10.5. The van der Waals surface area contributed by atoms with Gasteiger partial charge in [0, 0.05) is 12.5 Å². The first-order valence-corrected chi connectivity index (χ1v) is 6.39. The highest BCUT2D eigenvalue weighted by Gasteiger charge is 2.35. The number of aromatic nitrogens is 3. The summed E-state index contributed by atoms with van der Waals surface area (Å²) in [5.41, 5.74) is -1.80. The molecule has 0 aliphatic carbocycles. The average molecular weight is 313 g/mol. The van der Waals surface area contributed by atoms with E-state index in [0.29, 0.717) is 0 Å². The molecule has 2 heterocycles. The molecule has 1 aliphatic rings. The molecule has 120 valence electrons. The number of nitrogens with zero attached hydrogens (tertiary/aromatic N) is 2. The number of aliphatic hydroxyl groups excluding tert-OH is 2. The SMILES string of the molecule is COC(=O)/C=C/c1nn([C@H]2C[C@H](O)[C@@H](CO)O2)c(=O)[nH]c1=O. The molecule has 10 heteroatoms. The Bertz CT molecular complexity index is 693. The zero-order chi connectivity index (χ0) is 16.3. The minimum Gasteiger partial charge on any atom is -0.466 e. The third kappa shape index (κ3) is 3.30. The van der Waals surface area contributed by atoms with Crippen LogP contribution in [0.1, 0.15) is 18.3 Å². The maximum absolute atomic E-state index is 11.8. The van der Waals surface area contributed by atoms with Crippen LogP contribution in [0.2, 0.25) is 0 Å². The number of ether oxygens (including phenoxy) is 2. The van der Waals surface area contributed by atoms with Crippen molar-refractivity contribution in [2.24, 2.45) is 0 Å². The van der Waals surface area contributed by atoms with Gasteiger partial charge in [0.15, 0.2) is 6.23 Å². The standard InChI is InChI=1S/C12H15N3O7/c1-21-10(18)3-2-6-11(19)13-12(20)15(14-6)9-4-7(17)8(5-16)22-9/h2-3,7-9,16-17H,4-5H2,1H3,(H,13,19,20)/b3-2+/t7-,8+,9+/m0/s1. The predicted molar refractivity (Wildman–Crippen MR) is 71.8 cm³/mol. The molecule has 1 fully saturated rings. The topological polar surface area (TPSA) is 144 Å². The molecule has 1 aromatic rings. The third-order valence-electron chi connectivity index (χ3n) is 3.11. The summed E-state index contributed by atoms with van der Waals surface area (Å²) in [6.07, 6.45) is -0.612. The summed E-state index contributed by atoms with van der Waals surface area (Å²) in [6, 6.07) is 0. The first-order chi connectivity index (χ1) is 10.5. The van der Waals surface area contributed by atoms with E-state index >= 15 is 0 Å². The number of carbonyl (C=O) groups is 1. The molecule has 0 spiro atoms. The van der Waals surface area contributed by atoms with Gasteiger partial charge in [0.1, 0.15) is 11.8 Å². The summed E-state index contributed by atoms with van der Waals surface area (Å²) in [7, 11) is 1.17. The van der Waals surface area contributed by atoms with E-state index in [1.54, 1.807) is 0 Å². The van der Waals surface area contributed by atoms with Crippen molar-refractivity contribution in [3.05, 3.63) is 32.6 Å². The van der Waals surface area contributed by atoms with Crippen molar-refractivity contribution in [1.29, 1.82) is 0 Å². The largest absolute Gasteiger partial charge is 0.466 e. The molecule has 0 radical (unpaired) electrons. The van der Waals surface area contributed by atoms with Gasteiger partial charge in [-0.05, 0) is 6.08 Å². The number of methoxy groups -OCH3 is 1. The van der Waals surface area contributed by atoms with E-state index in [4.69, 9.17) is 9.84 Å². The molecule has 0 unspecified atom stereocenters. The normalized spacial score (nSPS) is 24.8. The maximum Gasteiger partial charge on any atom is 0.347 e. The Morgan fingerprint density at radius 2 is 2.32 bits per heavy atom. The molecule has 22 heavy (non-hydrogen) atoms. The zero-order valence-electron chi connectivity index (χ0n) is 11.6. The van der Waals surface area contributed by atoms with Crippen LogP contribution in [0, 0.1) is 0 Å². The first-order valence-electron chi connectivity index (χ1n) is 6.39. The number of esters is 1. The van der Waals surface area contributed by atoms with Crippen molar-refractivity contribution >= 4 is 12.0 Å². The van der Waals surface area contributed by atoms with E-state index in [1.807, 2.05) is 4.98 Å². The Hall–Kier alpha value is -2.30. The lowest BCUT2D eigenvalue weighted by molar-refractivity contribution is -0.134. The van der Waals surface area contributed by atoms with Gasteiger partial charge in [0.05, 0.1) is 19.8 Å². The van der Waals surface area contributed by atoms with E-state index in [9.17, 15) is 19.5 Å². The second-order valence-electron chi connectivity index (χ2n) is 4.56. The molecule has 1 saturated heterocycles. The van der Waals surface area contributed by atoms with Crippen molar-refractivity contribution in [1.82, 2.24) is 14.8 Å². The van der Waals surface area contributed by atoms with Gasteiger partial charge in [-0.25, -0.2) is 9.59 Å². The monoisotopic (exact) mass is 313 g/mol. The lowest BCUT2D eigenvalue weighted by atomic mass is 10.2. The minimum absolute atomic E-state index is 0.0321. The van der Waals surface area contributed by atoms with Crippen molar-refractivity contribution in [3.63, 3.8) is 0 Å². The van der Waals surface area contributed by atoms with Crippen LogP contribution in [0.25, 0.3) is 6.08 Å². The molecule has 0 aromatic carbocycles. The van der Waals surface area contributed by atoms with E-state index in [1.165, 1.54) is 7.11 Å². The van der Waals surface area contributed by atoms with Crippen LogP contribution < -0.4 is 11.2 Å². The number of H-pyrrole nitrogens is 1. The Morgan fingerprint density at radius 1 is 1.59 bits per heavy atom. The minimum atomic E-state index is -0.954. The van der Waals surface area contributed by atoms with E-state index in [-0.39, 0.29) is 12.1 Å². The number of aliphatic hydroxyl groups is 2. The van der Waals surface area contributed by atoms with Gasteiger partial charge in [-0.3, -0.25) is 9.78 Å². The smallest absolute Gasteiger partial charge is 0.347 e. The third-order valence-corrected chi connectivity index (χ3v) is 3.11. The van der Waals surface area contributed by atoms with Crippen LogP contribution in [0.5, 0.6) is 0 Å². The van der Waals surface area contributed by atoms with Crippen molar-refractivity contribution < 1.29 is 24.5 Å². The molecule has 0 amide bonds. The first kappa shape index (κ1) is 16.1.